The molecule has 7 heteroatoms. The van der Waals surface area contributed by atoms with Crippen molar-refractivity contribution in [3.05, 3.63) is 16.5 Å². The van der Waals surface area contributed by atoms with Gasteiger partial charge in [-0.15, -0.1) is 0 Å². The molecule has 0 aromatic carbocycles. The number of nitrogens with zero attached hydrogens (tertiary/aromatic N) is 3. The summed E-state index contributed by atoms with van der Waals surface area (Å²) in [6.07, 6.45) is 6.02. The topological polar surface area (TPSA) is 87.9 Å². The van der Waals surface area contributed by atoms with E-state index in [-0.39, 0.29) is 16.6 Å². The second-order valence-corrected chi connectivity index (χ2v) is 6.96. The maximum Gasteiger partial charge on any atom is 0.358 e. The van der Waals surface area contributed by atoms with Crippen LogP contribution in [0.25, 0.3) is 0 Å². The Bertz CT molecular complexity index is 661. The highest BCUT2D eigenvalue weighted by Gasteiger charge is 2.30. The first-order chi connectivity index (χ1) is 11.6. The summed E-state index contributed by atoms with van der Waals surface area (Å²) in [5, 5.41) is 12.5. The summed E-state index contributed by atoms with van der Waals surface area (Å²) in [4.78, 5) is 20.7. The minimum atomic E-state index is -0.540. The molecule has 2 fully saturated rings. The van der Waals surface area contributed by atoms with Crippen molar-refractivity contribution >= 4 is 23.4 Å². The molecule has 1 N–H and O–H groups in total. The number of ether oxygens (including phenoxy) is 1. The Morgan fingerprint density at radius 1 is 1.29 bits per heavy atom. The average molecular weight is 349 g/mol. The first-order valence-corrected chi connectivity index (χ1v) is 8.79. The van der Waals surface area contributed by atoms with Crippen LogP contribution in [-0.4, -0.2) is 29.6 Å². The van der Waals surface area contributed by atoms with Crippen molar-refractivity contribution in [2.24, 2.45) is 11.8 Å². The van der Waals surface area contributed by atoms with Gasteiger partial charge in [-0.1, -0.05) is 11.6 Å². The lowest BCUT2D eigenvalue weighted by molar-refractivity contribution is 0.0593. The van der Waals surface area contributed by atoms with Gasteiger partial charge in [0.2, 0.25) is 0 Å². The fourth-order valence-electron chi connectivity index (χ4n) is 3.07. The van der Waals surface area contributed by atoms with Crippen LogP contribution in [0.3, 0.4) is 0 Å². The van der Waals surface area contributed by atoms with E-state index in [9.17, 15) is 4.79 Å². The number of rotatable bonds is 5. The van der Waals surface area contributed by atoms with Gasteiger partial charge in [-0.05, 0) is 44.4 Å². The summed E-state index contributed by atoms with van der Waals surface area (Å²) in [6.45, 7) is 0.736. The number of anilines is 1. The van der Waals surface area contributed by atoms with Gasteiger partial charge in [0, 0.05) is 18.4 Å². The fraction of sp³-hybridized carbons (Fsp3) is 0.647. The van der Waals surface area contributed by atoms with Crippen molar-refractivity contribution < 1.29 is 9.53 Å². The molecule has 2 aliphatic rings. The molecule has 128 valence electrons. The van der Waals surface area contributed by atoms with E-state index in [2.05, 4.69) is 21.4 Å². The lowest BCUT2D eigenvalue weighted by Gasteiger charge is -2.25. The summed E-state index contributed by atoms with van der Waals surface area (Å²) in [6, 6.07) is 2.35. The number of aromatic nitrogens is 2. The normalized spacial score (nSPS) is 23.4. The highest BCUT2D eigenvalue weighted by atomic mass is 35.5. The molecule has 0 spiro atoms. The van der Waals surface area contributed by atoms with Crippen LogP contribution in [0.5, 0.6) is 0 Å². The number of halogens is 1. The maximum atomic E-state index is 11.9. The molecule has 3 rings (SSSR count). The standard InChI is InChI=1S/C17H21ClN4O2/c1-24-17(23)14-13(18)16(22-15(21-14)12-6-7-12)20-9-11-4-2-10(8-19)3-5-11/h10-12H,2-7,9H2,1H3,(H,20,21,22). The average Bonchev–Trinajstić information content (AvgIpc) is 3.45. The zero-order valence-electron chi connectivity index (χ0n) is 13.7. The summed E-state index contributed by atoms with van der Waals surface area (Å²) < 4.78 is 4.77. The zero-order chi connectivity index (χ0) is 17.1. The molecule has 0 saturated heterocycles. The Kier molecular flexibility index (Phi) is 5.20. The SMILES string of the molecule is COC(=O)c1nc(C2CC2)nc(NCC2CCC(C#N)CC2)c1Cl. The quantitative estimate of drug-likeness (QED) is 0.819. The Balaban J connectivity index is 1.71. The summed E-state index contributed by atoms with van der Waals surface area (Å²) in [7, 11) is 1.32. The van der Waals surface area contributed by atoms with Crippen LogP contribution < -0.4 is 5.32 Å². The minimum absolute atomic E-state index is 0.131. The molecule has 1 aromatic heterocycles. The van der Waals surface area contributed by atoms with Crippen molar-refractivity contribution in [3.8, 4) is 6.07 Å². The van der Waals surface area contributed by atoms with Gasteiger partial charge in [-0.25, -0.2) is 14.8 Å². The smallest absolute Gasteiger partial charge is 0.358 e. The van der Waals surface area contributed by atoms with Gasteiger partial charge in [-0.3, -0.25) is 0 Å². The minimum Gasteiger partial charge on any atom is -0.464 e. The number of hydrogen-bond acceptors (Lipinski definition) is 6. The summed E-state index contributed by atoms with van der Waals surface area (Å²) in [5.74, 6) is 1.63. The molecule has 1 heterocycles. The van der Waals surface area contributed by atoms with E-state index in [4.69, 9.17) is 21.6 Å². The molecule has 24 heavy (non-hydrogen) atoms. The van der Waals surface area contributed by atoms with Crippen LogP contribution in [0, 0.1) is 23.2 Å². The lowest BCUT2D eigenvalue weighted by atomic mass is 9.83. The largest absolute Gasteiger partial charge is 0.464 e. The molecule has 1 aromatic rings. The fourth-order valence-corrected chi connectivity index (χ4v) is 3.30. The molecule has 0 unspecified atom stereocenters. The molecule has 0 aliphatic heterocycles. The first-order valence-electron chi connectivity index (χ1n) is 8.41. The number of hydrogen-bond donors (Lipinski definition) is 1. The molecule has 0 bridgehead atoms. The Hall–Kier alpha value is -1.87. The van der Waals surface area contributed by atoms with Crippen LogP contribution in [0.2, 0.25) is 5.02 Å². The van der Waals surface area contributed by atoms with Gasteiger partial charge in [0.15, 0.2) is 5.69 Å². The van der Waals surface area contributed by atoms with E-state index in [1.54, 1.807) is 0 Å². The number of esters is 1. The van der Waals surface area contributed by atoms with Gasteiger partial charge in [0.05, 0.1) is 13.2 Å². The van der Waals surface area contributed by atoms with Crippen molar-refractivity contribution in [1.29, 1.82) is 5.26 Å². The van der Waals surface area contributed by atoms with E-state index in [0.29, 0.717) is 23.5 Å². The third-order valence-corrected chi connectivity index (χ3v) is 5.14. The van der Waals surface area contributed by atoms with Crippen LogP contribution in [0.4, 0.5) is 5.82 Å². The second-order valence-electron chi connectivity index (χ2n) is 6.59. The van der Waals surface area contributed by atoms with Crippen molar-refractivity contribution in [2.45, 2.75) is 44.4 Å². The first kappa shape index (κ1) is 17.0. The van der Waals surface area contributed by atoms with Gasteiger partial charge < -0.3 is 10.1 Å². The Morgan fingerprint density at radius 3 is 2.58 bits per heavy atom. The number of carbonyl (C=O) groups excluding carboxylic acids is 1. The second kappa shape index (κ2) is 7.35. The molecule has 0 atom stereocenters. The van der Waals surface area contributed by atoms with E-state index < -0.39 is 5.97 Å². The Morgan fingerprint density at radius 2 is 2.00 bits per heavy atom. The molecule has 0 radical (unpaired) electrons. The number of nitriles is 1. The van der Waals surface area contributed by atoms with Crippen molar-refractivity contribution in [2.75, 3.05) is 19.0 Å². The van der Waals surface area contributed by atoms with Crippen LogP contribution >= 0.6 is 11.6 Å². The predicted octanol–water partition coefficient (Wildman–Crippen LogP) is 3.54. The zero-order valence-corrected chi connectivity index (χ0v) is 14.5. The molecule has 6 nitrogen and oxygen atoms in total. The molecule has 0 amide bonds. The van der Waals surface area contributed by atoms with E-state index in [1.165, 1.54) is 7.11 Å². The van der Waals surface area contributed by atoms with E-state index in [1.807, 2.05) is 0 Å². The highest BCUT2D eigenvalue weighted by molar-refractivity contribution is 6.35. The van der Waals surface area contributed by atoms with Gasteiger partial charge in [-0.2, -0.15) is 5.26 Å². The third-order valence-electron chi connectivity index (χ3n) is 4.78. The van der Waals surface area contributed by atoms with Gasteiger partial charge >= 0.3 is 5.97 Å². The van der Waals surface area contributed by atoms with Crippen LogP contribution in [0.1, 0.15) is 60.8 Å². The lowest BCUT2D eigenvalue weighted by Crippen LogP contribution is -2.22. The number of nitrogens with one attached hydrogen (secondary N) is 1. The summed E-state index contributed by atoms with van der Waals surface area (Å²) >= 11 is 6.31. The number of methoxy groups -OCH3 is 1. The highest BCUT2D eigenvalue weighted by Crippen LogP contribution is 2.40. The van der Waals surface area contributed by atoms with E-state index >= 15 is 0 Å². The molecule has 2 saturated carbocycles. The molecular weight excluding hydrogens is 328 g/mol. The van der Waals surface area contributed by atoms with E-state index in [0.717, 1.165) is 45.1 Å². The molecular formula is C17H21ClN4O2. The monoisotopic (exact) mass is 348 g/mol. The van der Waals surface area contributed by atoms with Gasteiger partial charge in [0.25, 0.3) is 0 Å². The predicted molar refractivity (Wildman–Crippen MR) is 89.9 cm³/mol. The maximum absolute atomic E-state index is 11.9. The number of carbonyl (C=O) groups is 1. The van der Waals surface area contributed by atoms with Gasteiger partial charge in [0.1, 0.15) is 16.7 Å². The Labute approximate surface area is 146 Å². The van der Waals surface area contributed by atoms with Crippen LogP contribution in [-0.2, 0) is 4.74 Å². The van der Waals surface area contributed by atoms with Crippen LogP contribution in [0.15, 0.2) is 0 Å². The van der Waals surface area contributed by atoms with Crippen molar-refractivity contribution in [3.63, 3.8) is 0 Å². The third kappa shape index (κ3) is 3.78. The molecule has 2 aliphatic carbocycles. The van der Waals surface area contributed by atoms with Crippen molar-refractivity contribution in [1.82, 2.24) is 9.97 Å². The summed E-state index contributed by atoms with van der Waals surface area (Å²) in [5.41, 5.74) is 0.131.